The van der Waals surface area contributed by atoms with E-state index in [1.807, 2.05) is 0 Å². The number of piperidine rings is 1. The molecule has 1 saturated heterocycles. The van der Waals surface area contributed by atoms with E-state index < -0.39 is 0 Å². The summed E-state index contributed by atoms with van der Waals surface area (Å²) in [5.41, 5.74) is 7.42. The minimum Gasteiger partial charge on any atom is -0.329 e. The van der Waals surface area contributed by atoms with Crippen LogP contribution in [0.25, 0.3) is 0 Å². The molecule has 20 heavy (non-hydrogen) atoms. The normalized spacial score (nSPS) is 22.1. The molecule has 0 amide bonds. The molecule has 3 nitrogen and oxygen atoms in total. The maximum Gasteiger partial charge on any atom is 0.0471 e. The summed E-state index contributed by atoms with van der Waals surface area (Å²) in [4.78, 5) is 6.22. The summed E-state index contributed by atoms with van der Waals surface area (Å²) in [5, 5.41) is 0. The second-order valence-corrected chi connectivity index (χ2v) is 6.66. The van der Waals surface area contributed by atoms with Gasteiger partial charge in [0.2, 0.25) is 0 Å². The van der Waals surface area contributed by atoms with Gasteiger partial charge in [0, 0.05) is 30.1 Å². The van der Waals surface area contributed by atoms with Gasteiger partial charge in [-0.15, -0.1) is 11.8 Å². The quantitative estimate of drug-likeness (QED) is 0.845. The van der Waals surface area contributed by atoms with Gasteiger partial charge >= 0.3 is 0 Å². The number of likely N-dealkylation sites (N-methyl/N-ethyl adjacent to an activating group) is 1. The lowest BCUT2D eigenvalue weighted by atomic mass is 9.99. The first kappa shape index (κ1) is 15.8. The number of nitrogens with zero attached hydrogens (tertiary/aromatic N) is 2. The average Bonchev–Trinajstić information content (AvgIpc) is 2.49. The highest BCUT2D eigenvalue weighted by Gasteiger charge is 2.26. The fourth-order valence-electron chi connectivity index (χ4n) is 3.01. The van der Waals surface area contributed by atoms with Crippen molar-refractivity contribution in [1.82, 2.24) is 9.80 Å². The van der Waals surface area contributed by atoms with E-state index in [9.17, 15) is 0 Å². The monoisotopic (exact) mass is 293 g/mol. The second kappa shape index (κ2) is 7.46. The van der Waals surface area contributed by atoms with Gasteiger partial charge in [0.1, 0.15) is 0 Å². The zero-order valence-corrected chi connectivity index (χ0v) is 13.7. The molecule has 0 spiro atoms. The van der Waals surface area contributed by atoms with Crippen molar-refractivity contribution >= 4 is 11.8 Å². The number of thioether (sulfide) groups is 1. The van der Waals surface area contributed by atoms with Crippen molar-refractivity contribution in [2.75, 3.05) is 40.0 Å². The van der Waals surface area contributed by atoms with Gasteiger partial charge in [0.25, 0.3) is 0 Å². The average molecular weight is 293 g/mol. The van der Waals surface area contributed by atoms with Crippen LogP contribution >= 0.6 is 11.8 Å². The molecule has 0 saturated carbocycles. The Morgan fingerprint density at radius 1 is 1.35 bits per heavy atom. The molecule has 2 unspecified atom stereocenters. The van der Waals surface area contributed by atoms with Crippen LogP contribution in [-0.4, -0.2) is 55.8 Å². The zero-order valence-electron chi connectivity index (χ0n) is 12.9. The van der Waals surface area contributed by atoms with Crippen LogP contribution in [0.5, 0.6) is 0 Å². The van der Waals surface area contributed by atoms with Gasteiger partial charge in [-0.25, -0.2) is 0 Å². The van der Waals surface area contributed by atoms with Crippen molar-refractivity contribution in [1.29, 1.82) is 0 Å². The van der Waals surface area contributed by atoms with Gasteiger partial charge in [-0.3, -0.25) is 4.90 Å². The summed E-state index contributed by atoms with van der Waals surface area (Å²) in [5.74, 6) is 0. The van der Waals surface area contributed by atoms with Crippen LogP contribution in [0.1, 0.15) is 24.4 Å². The molecule has 1 aliphatic heterocycles. The summed E-state index contributed by atoms with van der Waals surface area (Å²) >= 11 is 1.79. The van der Waals surface area contributed by atoms with Crippen molar-refractivity contribution in [2.24, 2.45) is 5.73 Å². The van der Waals surface area contributed by atoms with Gasteiger partial charge in [0.05, 0.1) is 0 Å². The number of benzene rings is 1. The van der Waals surface area contributed by atoms with Crippen molar-refractivity contribution < 1.29 is 0 Å². The minimum absolute atomic E-state index is 0.355. The topological polar surface area (TPSA) is 32.5 Å². The van der Waals surface area contributed by atoms with Crippen LogP contribution < -0.4 is 5.73 Å². The summed E-state index contributed by atoms with van der Waals surface area (Å²) in [6, 6.07) is 9.90. The van der Waals surface area contributed by atoms with E-state index in [0.717, 1.165) is 13.1 Å². The van der Waals surface area contributed by atoms with Crippen LogP contribution in [0.3, 0.4) is 0 Å². The lowest BCUT2D eigenvalue weighted by Crippen LogP contribution is -2.47. The highest BCUT2D eigenvalue weighted by Crippen LogP contribution is 2.26. The number of likely N-dealkylation sites (tertiary alicyclic amines) is 1. The molecule has 0 radical (unpaired) electrons. The highest BCUT2D eigenvalue weighted by atomic mass is 32.2. The van der Waals surface area contributed by atoms with Crippen LogP contribution in [0.4, 0.5) is 0 Å². The summed E-state index contributed by atoms with van der Waals surface area (Å²) in [6.45, 7) is 2.98. The van der Waals surface area contributed by atoms with E-state index in [-0.39, 0.29) is 0 Å². The first-order valence-corrected chi connectivity index (χ1v) is 8.62. The summed E-state index contributed by atoms with van der Waals surface area (Å²) < 4.78 is 0. The second-order valence-electron chi connectivity index (χ2n) is 5.78. The maximum atomic E-state index is 6.07. The molecule has 0 aliphatic carbocycles. The van der Waals surface area contributed by atoms with E-state index in [4.69, 9.17) is 5.73 Å². The van der Waals surface area contributed by atoms with Gasteiger partial charge in [-0.1, -0.05) is 12.1 Å². The Morgan fingerprint density at radius 2 is 2.05 bits per heavy atom. The molecule has 0 bridgehead atoms. The van der Waals surface area contributed by atoms with Crippen LogP contribution in [0.2, 0.25) is 0 Å². The standard InChI is InChI=1S/C16H27N3S/c1-18(2)14-5-4-10-19(12-14)16(11-17)13-6-8-15(20-3)9-7-13/h6-9,14,16H,4-5,10-12,17H2,1-3H3. The molecule has 2 atom stereocenters. The van der Waals surface area contributed by atoms with E-state index in [2.05, 4.69) is 54.4 Å². The molecular weight excluding hydrogens is 266 g/mol. The number of hydrogen-bond donors (Lipinski definition) is 1. The molecular formula is C16H27N3S. The molecule has 1 aromatic rings. The van der Waals surface area contributed by atoms with Gasteiger partial charge in [-0.2, -0.15) is 0 Å². The Morgan fingerprint density at radius 3 is 2.60 bits per heavy atom. The Labute approximate surface area is 127 Å². The molecule has 2 rings (SSSR count). The molecule has 1 heterocycles. The van der Waals surface area contributed by atoms with Crippen LogP contribution in [0.15, 0.2) is 29.2 Å². The van der Waals surface area contributed by atoms with E-state index >= 15 is 0 Å². The summed E-state index contributed by atoms with van der Waals surface area (Å²) in [6.07, 6.45) is 4.68. The van der Waals surface area contributed by atoms with Crippen molar-refractivity contribution in [3.05, 3.63) is 29.8 Å². The van der Waals surface area contributed by atoms with Gasteiger partial charge in [-0.05, 0) is 57.4 Å². The Balaban J connectivity index is 2.10. The Hall–Kier alpha value is -0.550. The highest BCUT2D eigenvalue weighted by molar-refractivity contribution is 7.98. The molecule has 2 N–H and O–H groups in total. The SMILES string of the molecule is CSc1ccc(C(CN)N2CCCC(N(C)C)C2)cc1. The molecule has 4 heteroatoms. The van der Waals surface area contributed by atoms with Gasteiger partial charge in [0.15, 0.2) is 0 Å². The molecule has 112 valence electrons. The summed E-state index contributed by atoms with van der Waals surface area (Å²) in [7, 11) is 4.36. The zero-order chi connectivity index (χ0) is 14.5. The minimum atomic E-state index is 0.355. The first-order valence-electron chi connectivity index (χ1n) is 7.40. The van der Waals surface area contributed by atoms with E-state index in [0.29, 0.717) is 18.6 Å². The number of nitrogens with two attached hydrogens (primary N) is 1. The Bertz CT molecular complexity index is 405. The molecule has 0 aromatic heterocycles. The van der Waals surface area contributed by atoms with E-state index in [1.165, 1.54) is 23.3 Å². The third-order valence-corrected chi connectivity index (χ3v) is 5.07. The number of rotatable bonds is 5. The number of hydrogen-bond acceptors (Lipinski definition) is 4. The lowest BCUT2D eigenvalue weighted by Gasteiger charge is -2.40. The third-order valence-electron chi connectivity index (χ3n) is 4.32. The van der Waals surface area contributed by atoms with Crippen molar-refractivity contribution in [3.8, 4) is 0 Å². The maximum absolute atomic E-state index is 6.07. The van der Waals surface area contributed by atoms with Crippen LogP contribution in [-0.2, 0) is 0 Å². The van der Waals surface area contributed by atoms with Crippen molar-refractivity contribution in [2.45, 2.75) is 29.8 Å². The Kier molecular flexibility index (Phi) is 5.90. The van der Waals surface area contributed by atoms with E-state index in [1.54, 1.807) is 11.8 Å². The predicted octanol–water partition coefficient (Wildman–Crippen LogP) is 2.43. The first-order chi connectivity index (χ1) is 9.65. The van der Waals surface area contributed by atoms with Crippen LogP contribution in [0, 0.1) is 0 Å². The van der Waals surface area contributed by atoms with Gasteiger partial charge < -0.3 is 10.6 Å². The fourth-order valence-corrected chi connectivity index (χ4v) is 3.42. The smallest absolute Gasteiger partial charge is 0.0471 e. The molecule has 1 aliphatic rings. The largest absolute Gasteiger partial charge is 0.329 e. The predicted molar refractivity (Wildman–Crippen MR) is 88.3 cm³/mol. The van der Waals surface area contributed by atoms with Crippen molar-refractivity contribution in [3.63, 3.8) is 0 Å². The molecule has 1 aromatic carbocycles. The third kappa shape index (κ3) is 3.76. The molecule has 1 fully saturated rings. The lowest BCUT2D eigenvalue weighted by molar-refractivity contribution is 0.0984. The fraction of sp³-hybridized carbons (Fsp3) is 0.625.